The second kappa shape index (κ2) is 7.57. The van der Waals surface area contributed by atoms with Gasteiger partial charge in [0.2, 0.25) is 0 Å². The molecular formula is C19H15N5O3S2. The Balaban J connectivity index is 1.52. The molecule has 0 unspecified atom stereocenters. The van der Waals surface area contributed by atoms with Gasteiger partial charge in [-0.05, 0) is 47.9 Å². The summed E-state index contributed by atoms with van der Waals surface area (Å²) >= 11 is 1.13. The molecule has 2 aromatic carbocycles. The number of carbonyl (C=O) groups excluding carboxylic acids is 1. The zero-order valence-corrected chi connectivity index (χ0v) is 16.8. The summed E-state index contributed by atoms with van der Waals surface area (Å²) in [6.07, 6.45) is 4.18. The number of hydrogen-bond donors (Lipinski definition) is 2. The van der Waals surface area contributed by atoms with E-state index in [0.717, 1.165) is 28.8 Å². The van der Waals surface area contributed by atoms with Gasteiger partial charge in [0.25, 0.3) is 5.91 Å². The van der Waals surface area contributed by atoms with Gasteiger partial charge < -0.3 is 10.6 Å². The maximum atomic E-state index is 12.6. The molecule has 4 aromatic rings. The molecule has 1 amide bonds. The molecule has 0 aliphatic rings. The summed E-state index contributed by atoms with van der Waals surface area (Å²) in [5.74, 6) is 0.126. The van der Waals surface area contributed by atoms with Gasteiger partial charge in [-0.1, -0.05) is 12.1 Å². The Morgan fingerprint density at radius 1 is 1.00 bits per heavy atom. The average molecular weight is 425 g/mol. The van der Waals surface area contributed by atoms with Crippen LogP contribution in [-0.2, 0) is 9.84 Å². The number of para-hydroxylation sites is 2. The third-order valence-corrected chi connectivity index (χ3v) is 5.89. The van der Waals surface area contributed by atoms with Crippen LogP contribution in [0.25, 0.3) is 11.0 Å². The van der Waals surface area contributed by atoms with E-state index >= 15 is 0 Å². The van der Waals surface area contributed by atoms with Crippen LogP contribution >= 0.6 is 11.5 Å². The number of benzene rings is 2. The number of nitrogens with one attached hydrogen (secondary N) is 2. The van der Waals surface area contributed by atoms with Crippen LogP contribution in [0.2, 0.25) is 0 Å². The first-order valence-corrected chi connectivity index (χ1v) is 11.1. The van der Waals surface area contributed by atoms with Crippen LogP contribution in [0.1, 0.15) is 10.4 Å². The van der Waals surface area contributed by atoms with E-state index < -0.39 is 9.84 Å². The Morgan fingerprint density at radius 2 is 1.72 bits per heavy atom. The zero-order chi connectivity index (χ0) is 20.4. The Morgan fingerprint density at radius 3 is 2.45 bits per heavy atom. The molecule has 0 saturated heterocycles. The molecule has 0 bridgehead atoms. The van der Waals surface area contributed by atoms with E-state index in [1.807, 2.05) is 24.3 Å². The van der Waals surface area contributed by atoms with Gasteiger partial charge in [0.1, 0.15) is 10.8 Å². The quantitative estimate of drug-likeness (QED) is 0.503. The van der Waals surface area contributed by atoms with E-state index in [1.54, 1.807) is 6.20 Å². The molecule has 0 radical (unpaired) electrons. The third-order valence-electron chi connectivity index (χ3n) is 4.05. The molecule has 0 fully saturated rings. The Bertz CT molecular complexity index is 1300. The third kappa shape index (κ3) is 4.23. The second-order valence-corrected chi connectivity index (χ2v) is 9.01. The SMILES string of the molecule is CS(=O)(=O)c1ccc(NC(=O)c2cnsc2Nc2cnc3ccccc3n2)cc1. The van der Waals surface area contributed by atoms with Gasteiger partial charge in [0.05, 0.1) is 33.9 Å². The van der Waals surface area contributed by atoms with Gasteiger partial charge in [0, 0.05) is 11.9 Å². The fourth-order valence-electron chi connectivity index (χ4n) is 2.61. The first kappa shape index (κ1) is 19.0. The van der Waals surface area contributed by atoms with Crippen molar-refractivity contribution < 1.29 is 13.2 Å². The molecule has 146 valence electrons. The predicted octanol–water partition coefficient (Wildman–Crippen LogP) is 3.49. The normalized spacial score (nSPS) is 11.3. The van der Waals surface area contributed by atoms with Crippen LogP contribution in [0.5, 0.6) is 0 Å². The molecule has 2 N–H and O–H groups in total. The predicted molar refractivity (Wildman–Crippen MR) is 112 cm³/mol. The topological polar surface area (TPSA) is 114 Å². The Kier molecular flexibility index (Phi) is 4.95. The molecular weight excluding hydrogens is 410 g/mol. The largest absolute Gasteiger partial charge is 0.329 e. The highest BCUT2D eigenvalue weighted by Crippen LogP contribution is 2.26. The number of amides is 1. The maximum absolute atomic E-state index is 12.6. The highest BCUT2D eigenvalue weighted by Gasteiger charge is 2.16. The number of carbonyl (C=O) groups is 1. The molecule has 2 heterocycles. The van der Waals surface area contributed by atoms with Crippen LogP contribution in [0.3, 0.4) is 0 Å². The number of hydrogen-bond acceptors (Lipinski definition) is 8. The monoisotopic (exact) mass is 425 g/mol. The lowest BCUT2D eigenvalue weighted by atomic mass is 10.2. The minimum Gasteiger partial charge on any atom is -0.329 e. The van der Waals surface area contributed by atoms with E-state index in [4.69, 9.17) is 0 Å². The number of nitrogens with zero attached hydrogens (tertiary/aromatic N) is 3. The van der Waals surface area contributed by atoms with Crippen LogP contribution < -0.4 is 10.6 Å². The van der Waals surface area contributed by atoms with Crippen molar-refractivity contribution in [1.29, 1.82) is 0 Å². The number of anilines is 3. The standard InChI is InChI=1S/C19H15N5O3S2/c1-29(26,27)13-8-6-12(7-9-13)22-18(25)14-10-21-28-19(14)24-17-11-20-15-4-2-3-5-16(15)23-17/h2-11H,1H3,(H,22,25)(H,23,24). The molecule has 2 aromatic heterocycles. The lowest BCUT2D eigenvalue weighted by molar-refractivity contribution is 0.102. The molecule has 0 atom stereocenters. The number of aromatic nitrogens is 3. The maximum Gasteiger partial charge on any atom is 0.260 e. The highest BCUT2D eigenvalue weighted by atomic mass is 32.2. The minimum atomic E-state index is -3.29. The summed E-state index contributed by atoms with van der Waals surface area (Å²) in [6.45, 7) is 0. The van der Waals surface area contributed by atoms with Crippen molar-refractivity contribution in [2.24, 2.45) is 0 Å². The molecule has 10 heteroatoms. The minimum absolute atomic E-state index is 0.185. The van der Waals surface area contributed by atoms with Gasteiger partial charge in [0.15, 0.2) is 9.84 Å². The fourth-order valence-corrected chi connectivity index (χ4v) is 3.90. The van der Waals surface area contributed by atoms with Gasteiger partial charge in [-0.2, -0.15) is 4.37 Å². The highest BCUT2D eigenvalue weighted by molar-refractivity contribution is 7.90. The van der Waals surface area contributed by atoms with E-state index in [9.17, 15) is 13.2 Å². The fraction of sp³-hybridized carbons (Fsp3) is 0.0526. The lowest BCUT2D eigenvalue weighted by Gasteiger charge is -2.08. The van der Waals surface area contributed by atoms with Crippen molar-refractivity contribution in [3.05, 3.63) is 66.5 Å². The van der Waals surface area contributed by atoms with Crippen molar-refractivity contribution >= 4 is 54.8 Å². The van der Waals surface area contributed by atoms with Gasteiger partial charge in [-0.3, -0.25) is 9.78 Å². The smallest absolute Gasteiger partial charge is 0.260 e. The van der Waals surface area contributed by atoms with Crippen molar-refractivity contribution in [2.75, 3.05) is 16.9 Å². The van der Waals surface area contributed by atoms with Crippen LogP contribution in [0.4, 0.5) is 16.5 Å². The van der Waals surface area contributed by atoms with E-state index in [2.05, 4.69) is 25.0 Å². The Labute approximate surface area is 170 Å². The van der Waals surface area contributed by atoms with Crippen molar-refractivity contribution in [1.82, 2.24) is 14.3 Å². The van der Waals surface area contributed by atoms with Crippen LogP contribution in [0.15, 0.2) is 65.8 Å². The van der Waals surface area contributed by atoms with E-state index in [0.29, 0.717) is 22.1 Å². The summed E-state index contributed by atoms with van der Waals surface area (Å²) in [5, 5.41) is 6.35. The number of rotatable bonds is 5. The van der Waals surface area contributed by atoms with E-state index in [-0.39, 0.29) is 10.8 Å². The van der Waals surface area contributed by atoms with Gasteiger partial charge in [-0.25, -0.2) is 13.4 Å². The number of fused-ring (bicyclic) bond motifs is 1. The van der Waals surface area contributed by atoms with Crippen LogP contribution in [0, 0.1) is 0 Å². The number of sulfone groups is 1. The summed E-state index contributed by atoms with van der Waals surface area (Å²) in [6, 6.07) is 13.5. The van der Waals surface area contributed by atoms with Crippen molar-refractivity contribution in [3.8, 4) is 0 Å². The molecule has 0 saturated carbocycles. The van der Waals surface area contributed by atoms with Gasteiger partial charge >= 0.3 is 0 Å². The lowest BCUT2D eigenvalue weighted by Crippen LogP contribution is -2.12. The van der Waals surface area contributed by atoms with Crippen molar-refractivity contribution in [2.45, 2.75) is 4.90 Å². The molecule has 0 aliphatic heterocycles. The first-order valence-electron chi connectivity index (χ1n) is 8.45. The summed E-state index contributed by atoms with van der Waals surface area (Å²) in [5.41, 5.74) is 2.33. The summed E-state index contributed by atoms with van der Waals surface area (Å²) in [4.78, 5) is 21.7. The summed E-state index contributed by atoms with van der Waals surface area (Å²) < 4.78 is 27.2. The molecule has 0 spiro atoms. The second-order valence-electron chi connectivity index (χ2n) is 6.19. The van der Waals surface area contributed by atoms with Crippen LogP contribution in [-0.4, -0.2) is 34.9 Å². The first-order chi connectivity index (χ1) is 13.9. The molecule has 0 aliphatic carbocycles. The molecule has 29 heavy (non-hydrogen) atoms. The molecule has 8 nitrogen and oxygen atoms in total. The summed E-state index contributed by atoms with van der Waals surface area (Å²) in [7, 11) is -3.29. The Hall–Kier alpha value is -3.37. The average Bonchev–Trinajstić information content (AvgIpc) is 3.16. The van der Waals surface area contributed by atoms with Gasteiger partial charge in [-0.15, -0.1) is 0 Å². The van der Waals surface area contributed by atoms with Crippen molar-refractivity contribution in [3.63, 3.8) is 0 Å². The molecule has 4 rings (SSSR count). The zero-order valence-electron chi connectivity index (χ0n) is 15.2. The van der Waals surface area contributed by atoms with E-state index in [1.165, 1.54) is 30.5 Å².